The largest absolute Gasteiger partial charge is 0.322 e. The summed E-state index contributed by atoms with van der Waals surface area (Å²) >= 11 is 0. The summed E-state index contributed by atoms with van der Waals surface area (Å²) in [5.41, 5.74) is -0.0802. The van der Waals surface area contributed by atoms with Gasteiger partial charge in [-0.15, -0.1) is 0 Å². The maximum atomic E-state index is 13.6. The molecule has 0 atom stereocenters. The van der Waals surface area contributed by atoms with Gasteiger partial charge in [0.25, 0.3) is 0 Å². The molecule has 1 aromatic carbocycles. The highest BCUT2D eigenvalue weighted by Gasteiger charge is 2.32. The third-order valence-electron chi connectivity index (χ3n) is 4.83. The Kier molecular flexibility index (Phi) is 5.26. The second-order valence-electron chi connectivity index (χ2n) is 6.84. The van der Waals surface area contributed by atoms with Crippen LogP contribution in [0.25, 0.3) is 0 Å². The van der Waals surface area contributed by atoms with Gasteiger partial charge in [-0.05, 0) is 43.7 Å². The van der Waals surface area contributed by atoms with E-state index in [4.69, 9.17) is 0 Å². The monoisotopic (exact) mass is 322 g/mol. The summed E-state index contributed by atoms with van der Waals surface area (Å²) < 4.78 is 26.8. The van der Waals surface area contributed by atoms with E-state index in [2.05, 4.69) is 10.2 Å². The summed E-state index contributed by atoms with van der Waals surface area (Å²) in [6, 6.07) is 3.59. The smallest absolute Gasteiger partial charge is 0.238 e. The van der Waals surface area contributed by atoms with Crippen LogP contribution in [0.5, 0.6) is 0 Å². The summed E-state index contributed by atoms with van der Waals surface area (Å²) in [5, 5.41) is 2.51. The van der Waals surface area contributed by atoms with Gasteiger partial charge in [0.2, 0.25) is 5.91 Å². The third kappa shape index (κ3) is 4.74. The maximum Gasteiger partial charge on any atom is 0.238 e. The molecule has 2 aliphatic carbocycles. The molecule has 3 nitrogen and oxygen atoms in total. The Hall–Kier alpha value is -1.49. The molecule has 1 N–H and O–H groups in total. The number of amides is 1. The second-order valence-corrected chi connectivity index (χ2v) is 6.84. The van der Waals surface area contributed by atoms with Crippen molar-refractivity contribution in [2.45, 2.75) is 51.0 Å². The Balaban J connectivity index is 1.56. The van der Waals surface area contributed by atoms with E-state index >= 15 is 0 Å². The highest BCUT2D eigenvalue weighted by molar-refractivity contribution is 5.92. The number of anilines is 1. The molecule has 3 rings (SSSR count). The van der Waals surface area contributed by atoms with Gasteiger partial charge >= 0.3 is 0 Å². The Morgan fingerprint density at radius 3 is 2.57 bits per heavy atom. The molecular weight excluding hydrogens is 298 g/mol. The SMILES string of the molecule is O=C(CN(CC1CCCCC1)C1CC1)Nc1cc(F)ccc1F. The zero-order chi connectivity index (χ0) is 16.2. The number of hydrogen-bond donors (Lipinski definition) is 1. The van der Waals surface area contributed by atoms with Crippen LogP contribution in [0, 0.1) is 17.6 Å². The van der Waals surface area contributed by atoms with Crippen molar-refractivity contribution in [1.82, 2.24) is 4.90 Å². The molecule has 2 fully saturated rings. The highest BCUT2D eigenvalue weighted by atomic mass is 19.1. The first-order valence-corrected chi connectivity index (χ1v) is 8.61. The summed E-state index contributed by atoms with van der Waals surface area (Å²) in [4.78, 5) is 14.4. The van der Waals surface area contributed by atoms with Gasteiger partial charge in [0.15, 0.2) is 0 Å². The van der Waals surface area contributed by atoms with Gasteiger partial charge in [0.1, 0.15) is 11.6 Å². The molecule has 0 bridgehead atoms. The van der Waals surface area contributed by atoms with Crippen LogP contribution >= 0.6 is 0 Å². The molecular formula is C18H24F2N2O. The molecule has 0 spiro atoms. The average Bonchev–Trinajstić information content (AvgIpc) is 3.36. The molecule has 1 amide bonds. The summed E-state index contributed by atoms with van der Waals surface area (Å²) in [6.45, 7) is 1.21. The van der Waals surface area contributed by atoms with E-state index in [1.807, 2.05) is 0 Å². The van der Waals surface area contributed by atoms with Crippen molar-refractivity contribution in [3.8, 4) is 0 Å². The number of hydrogen-bond acceptors (Lipinski definition) is 2. The normalized spacial score (nSPS) is 19.1. The molecule has 1 aromatic rings. The standard InChI is InChI=1S/C18H24F2N2O/c19-14-6-9-16(20)17(10-14)21-18(23)12-22(15-7-8-15)11-13-4-2-1-3-5-13/h6,9-10,13,15H,1-5,7-8,11-12H2,(H,21,23). The fraction of sp³-hybridized carbons (Fsp3) is 0.611. The number of carbonyl (C=O) groups excluding carboxylic acids is 1. The van der Waals surface area contributed by atoms with E-state index in [0.717, 1.165) is 37.6 Å². The second kappa shape index (κ2) is 7.39. The number of nitrogens with one attached hydrogen (secondary N) is 1. The predicted octanol–water partition coefficient (Wildman–Crippen LogP) is 3.95. The molecule has 0 radical (unpaired) electrons. The van der Waals surface area contributed by atoms with Crippen LogP contribution in [-0.4, -0.2) is 29.9 Å². The lowest BCUT2D eigenvalue weighted by Gasteiger charge is -2.29. The van der Waals surface area contributed by atoms with Crippen LogP contribution in [0.1, 0.15) is 44.9 Å². The fourth-order valence-corrected chi connectivity index (χ4v) is 3.45. The molecule has 126 valence electrons. The lowest BCUT2D eigenvalue weighted by molar-refractivity contribution is -0.117. The number of rotatable bonds is 6. The highest BCUT2D eigenvalue weighted by Crippen LogP contribution is 2.31. The van der Waals surface area contributed by atoms with E-state index in [9.17, 15) is 13.6 Å². The zero-order valence-electron chi connectivity index (χ0n) is 13.4. The van der Waals surface area contributed by atoms with Crippen molar-refractivity contribution < 1.29 is 13.6 Å². The fourth-order valence-electron chi connectivity index (χ4n) is 3.45. The van der Waals surface area contributed by atoms with Crippen molar-refractivity contribution in [3.05, 3.63) is 29.8 Å². The predicted molar refractivity (Wildman–Crippen MR) is 86.2 cm³/mol. The minimum absolute atomic E-state index is 0.0802. The van der Waals surface area contributed by atoms with Gasteiger partial charge in [-0.3, -0.25) is 9.69 Å². The van der Waals surface area contributed by atoms with Crippen molar-refractivity contribution >= 4 is 11.6 Å². The molecule has 0 heterocycles. The number of carbonyl (C=O) groups is 1. The summed E-state index contributed by atoms with van der Waals surface area (Å²) in [7, 11) is 0. The lowest BCUT2D eigenvalue weighted by atomic mass is 9.89. The van der Waals surface area contributed by atoms with Gasteiger partial charge in [0, 0.05) is 18.7 Å². The minimum Gasteiger partial charge on any atom is -0.322 e. The molecule has 5 heteroatoms. The van der Waals surface area contributed by atoms with Crippen LogP contribution in [0.15, 0.2) is 18.2 Å². The van der Waals surface area contributed by atoms with Crippen LogP contribution < -0.4 is 5.32 Å². The Morgan fingerprint density at radius 2 is 1.87 bits per heavy atom. The van der Waals surface area contributed by atoms with Gasteiger partial charge in [-0.2, -0.15) is 0 Å². The van der Waals surface area contributed by atoms with Crippen molar-refractivity contribution in [2.24, 2.45) is 5.92 Å². The number of halogens is 2. The Bertz CT molecular complexity index is 554. The molecule has 23 heavy (non-hydrogen) atoms. The molecule has 0 unspecified atom stereocenters. The average molecular weight is 322 g/mol. The van der Waals surface area contributed by atoms with Crippen LogP contribution in [0.3, 0.4) is 0 Å². The maximum absolute atomic E-state index is 13.6. The van der Waals surface area contributed by atoms with E-state index in [1.165, 1.54) is 32.1 Å². The molecule has 0 aromatic heterocycles. The van der Waals surface area contributed by atoms with E-state index in [0.29, 0.717) is 12.0 Å². The minimum atomic E-state index is -0.606. The van der Waals surface area contributed by atoms with Crippen molar-refractivity contribution in [1.29, 1.82) is 0 Å². The molecule has 0 saturated heterocycles. The topological polar surface area (TPSA) is 32.3 Å². The van der Waals surface area contributed by atoms with Crippen molar-refractivity contribution in [3.63, 3.8) is 0 Å². The zero-order valence-corrected chi connectivity index (χ0v) is 13.4. The lowest BCUT2D eigenvalue weighted by Crippen LogP contribution is -2.38. The Labute approximate surface area is 136 Å². The molecule has 2 saturated carbocycles. The number of nitrogens with zero attached hydrogens (tertiary/aromatic N) is 1. The molecule has 2 aliphatic rings. The van der Waals surface area contributed by atoms with Gasteiger partial charge < -0.3 is 5.32 Å². The quantitative estimate of drug-likeness (QED) is 0.860. The van der Waals surface area contributed by atoms with E-state index < -0.39 is 11.6 Å². The van der Waals surface area contributed by atoms with Crippen LogP contribution in [0.2, 0.25) is 0 Å². The van der Waals surface area contributed by atoms with Crippen LogP contribution in [0.4, 0.5) is 14.5 Å². The molecule has 0 aliphatic heterocycles. The Morgan fingerprint density at radius 1 is 1.13 bits per heavy atom. The van der Waals surface area contributed by atoms with Gasteiger partial charge in [-0.25, -0.2) is 8.78 Å². The van der Waals surface area contributed by atoms with Crippen molar-refractivity contribution in [2.75, 3.05) is 18.4 Å². The van der Waals surface area contributed by atoms with Gasteiger partial charge in [0.05, 0.1) is 12.2 Å². The summed E-state index contributed by atoms with van der Waals surface area (Å²) in [5.74, 6) is -0.756. The number of benzene rings is 1. The summed E-state index contributed by atoms with van der Waals surface area (Å²) in [6.07, 6.45) is 8.63. The van der Waals surface area contributed by atoms with E-state index in [-0.39, 0.29) is 18.1 Å². The van der Waals surface area contributed by atoms with Gasteiger partial charge in [-0.1, -0.05) is 19.3 Å². The first kappa shape index (κ1) is 16.4. The first-order chi connectivity index (χ1) is 11.1. The van der Waals surface area contributed by atoms with E-state index in [1.54, 1.807) is 0 Å². The van der Waals surface area contributed by atoms with Crippen LogP contribution in [-0.2, 0) is 4.79 Å². The first-order valence-electron chi connectivity index (χ1n) is 8.61. The third-order valence-corrected chi connectivity index (χ3v) is 4.83.